The molecule has 0 amide bonds. The van der Waals surface area contributed by atoms with Gasteiger partial charge in [-0.05, 0) is 125 Å². The number of aliphatic imine (C=N–C) groups is 1. The van der Waals surface area contributed by atoms with Crippen molar-refractivity contribution in [1.82, 2.24) is 0 Å². The van der Waals surface area contributed by atoms with E-state index >= 15 is 0 Å². The van der Waals surface area contributed by atoms with Crippen LogP contribution < -0.4 is 0 Å². The summed E-state index contributed by atoms with van der Waals surface area (Å²) in [6.07, 6.45) is 9.69. The van der Waals surface area contributed by atoms with Crippen LogP contribution in [0.2, 0.25) is 0 Å². The van der Waals surface area contributed by atoms with Gasteiger partial charge < -0.3 is 5.11 Å². The average Bonchev–Trinajstić information content (AvgIpc) is 3.40. The number of hydrogen-bond acceptors (Lipinski definition) is 2. The summed E-state index contributed by atoms with van der Waals surface area (Å²) < 4.78 is 0. The van der Waals surface area contributed by atoms with Gasteiger partial charge in [-0.3, -0.25) is 4.99 Å². The van der Waals surface area contributed by atoms with Crippen LogP contribution >= 0.6 is 0 Å². The van der Waals surface area contributed by atoms with Gasteiger partial charge in [0.25, 0.3) is 0 Å². The maximum Gasteiger partial charge on any atom is 0.122 e. The molecule has 4 aliphatic carbocycles. The molecule has 0 heterocycles. The van der Waals surface area contributed by atoms with Crippen molar-refractivity contribution < 1.29 is 5.11 Å². The van der Waals surface area contributed by atoms with Gasteiger partial charge in [0.2, 0.25) is 0 Å². The lowest BCUT2D eigenvalue weighted by Crippen LogP contribution is -2.32. The predicted octanol–water partition coefficient (Wildman–Crippen LogP) is 9.43. The number of phenolic OH excluding ortho intramolecular Hbond substituents is 1. The summed E-state index contributed by atoms with van der Waals surface area (Å²) in [5, 5.41) is 12.1. The zero-order chi connectivity index (χ0) is 26.4. The number of fused-ring (bicyclic) bond motifs is 4. The molecule has 4 bridgehead atoms. The number of hydrogen-bond donors (Lipinski definition) is 1. The number of rotatable bonds is 5. The van der Waals surface area contributed by atoms with Crippen molar-refractivity contribution in [2.45, 2.75) is 105 Å². The third kappa shape index (κ3) is 3.39. The first kappa shape index (κ1) is 25.2. The first-order valence-electron chi connectivity index (χ1n) is 14.8. The fourth-order valence-electron chi connectivity index (χ4n) is 9.67. The normalized spacial score (nSPS) is 38.0. The minimum absolute atomic E-state index is 0.111. The van der Waals surface area contributed by atoms with Gasteiger partial charge in [0.15, 0.2) is 0 Å². The minimum Gasteiger partial charge on any atom is -0.507 e. The summed E-state index contributed by atoms with van der Waals surface area (Å²) in [5.41, 5.74) is 5.91. The van der Waals surface area contributed by atoms with E-state index < -0.39 is 0 Å². The van der Waals surface area contributed by atoms with Crippen LogP contribution in [0.1, 0.15) is 127 Å². The van der Waals surface area contributed by atoms with Crippen LogP contribution in [0.25, 0.3) is 0 Å². The molecule has 2 aromatic rings. The molecule has 2 aromatic carbocycles. The molecule has 0 aliphatic heterocycles. The van der Waals surface area contributed by atoms with Crippen LogP contribution in [0, 0.1) is 33.5 Å². The highest BCUT2D eigenvalue weighted by Crippen LogP contribution is 2.74. The number of aromatic hydroxyl groups is 1. The lowest BCUT2D eigenvalue weighted by molar-refractivity contribution is 0.130. The molecule has 0 spiro atoms. The molecule has 4 fully saturated rings. The SMILES string of the molecule is C[C@@H](N=Cc1cc([C@H]2C[C@@H]3CC[C@@]2(C)C3(C)C)c(O)c([C@H]2C[C@@H]3CC[C@@]2(C)C3(C)C)c1)c1ccccc1. The Morgan fingerprint density at radius 2 is 1.30 bits per heavy atom. The molecule has 7 atom stereocenters. The third-order valence-electron chi connectivity index (χ3n) is 13.3. The molecule has 0 unspecified atom stereocenters. The highest BCUT2D eigenvalue weighted by Gasteiger charge is 2.63. The Balaban J connectivity index is 1.45. The standard InChI is InChI=1S/C35H47NO/c1-22(24-11-9-8-10-12-24)36-21-23-17-27(29-19-25-13-15-34(29,6)32(25,2)3)31(37)28(18-23)30-20-26-14-16-35(30,7)33(26,4)5/h8-12,17-18,21-22,25-26,29-30,37H,13-16,19-20H2,1-7H3/t22-,25+,26+,29-,30-,34-,35-/m1/s1. The van der Waals surface area contributed by atoms with Crippen molar-refractivity contribution in [3.8, 4) is 5.75 Å². The van der Waals surface area contributed by atoms with E-state index in [1.165, 1.54) is 60.8 Å². The first-order valence-corrected chi connectivity index (χ1v) is 14.8. The van der Waals surface area contributed by atoms with E-state index in [0.29, 0.717) is 28.4 Å². The monoisotopic (exact) mass is 497 g/mol. The average molecular weight is 498 g/mol. The molecule has 2 heteroatoms. The van der Waals surface area contributed by atoms with E-state index in [1.54, 1.807) is 0 Å². The highest BCUT2D eigenvalue weighted by molar-refractivity contribution is 5.81. The van der Waals surface area contributed by atoms with E-state index in [4.69, 9.17) is 4.99 Å². The van der Waals surface area contributed by atoms with Crippen molar-refractivity contribution in [1.29, 1.82) is 0 Å². The van der Waals surface area contributed by atoms with Crippen LogP contribution in [0.3, 0.4) is 0 Å². The predicted molar refractivity (Wildman–Crippen MR) is 154 cm³/mol. The topological polar surface area (TPSA) is 32.6 Å². The van der Waals surface area contributed by atoms with E-state index in [0.717, 1.165) is 11.8 Å². The number of benzene rings is 2. The summed E-state index contributed by atoms with van der Waals surface area (Å²) in [5.74, 6) is 2.94. The van der Waals surface area contributed by atoms with Crippen molar-refractivity contribution in [3.05, 3.63) is 64.7 Å². The summed E-state index contributed by atoms with van der Waals surface area (Å²) in [7, 11) is 0. The molecule has 2 nitrogen and oxygen atoms in total. The van der Waals surface area contributed by atoms with Crippen molar-refractivity contribution >= 4 is 6.21 Å². The third-order valence-corrected chi connectivity index (χ3v) is 13.3. The molecular formula is C35H47NO. The zero-order valence-electron chi connectivity index (χ0n) is 24.1. The second kappa shape index (κ2) is 8.20. The molecule has 4 saturated carbocycles. The lowest BCUT2D eigenvalue weighted by Gasteiger charge is -2.42. The minimum atomic E-state index is 0.111. The van der Waals surface area contributed by atoms with Gasteiger partial charge in [0.05, 0.1) is 6.04 Å². The summed E-state index contributed by atoms with van der Waals surface area (Å²) >= 11 is 0. The highest BCUT2D eigenvalue weighted by atomic mass is 16.3. The molecule has 0 saturated heterocycles. The maximum absolute atomic E-state index is 12.1. The smallest absolute Gasteiger partial charge is 0.122 e. The van der Waals surface area contributed by atoms with Crippen molar-refractivity contribution in [3.63, 3.8) is 0 Å². The van der Waals surface area contributed by atoms with Crippen LogP contribution in [0.4, 0.5) is 0 Å². The number of phenols is 1. The molecule has 0 radical (unpaired) electrons. The molecule has 1 N–H and O–H groups in total. The Labute approximate surface area is 225 Å². The van der Waals surface area contributed by atoms with Crippen molar-refractivity contribution in [2.75, 3.05) is 0 Å². The largest absolute Gasteiger partial charge is 0.507 e. The zero-order valence-corrected chi connectivity index (χ0v) is 24.1. The lowest BCUT2D eigenvalue weighted by atomic mass is 9.63. The van der Waals surface area contributed by atoms with Crippen LogP contribution in [-0.4, -0.2) is 11.3 Å². The van der Waals surface area contributed by atoms with Gasteiger partial charge in [-0.2, -0.15) is 0 Å². The van der Waals surface area contributed by atoms with Gasteiger partial charge in [0, 0.05) is 6.21 Å². The molecule has 37 heavy (non-hydrogen) atoms. The molecule has 6 rings (SSSR count). The Kier molecular flexibility index (Phi) is 5.59. The van der Waals surface area contributed by atoms with E-state index in [2.05, 4.69) is 97.1 Å². The van der Waals surface area contributed by atoms with Crippen LogP contribution in [0.5, 0.6) is 5.75 Å². The quantitative estimate of drug-likeness (QED) is 0.410. The summed E-state index contributed by atoms with van der Waals surface area (Å²) in [6, 6.07) is 15.3. The Morgan fingerprint density at radius 1 is 0.811 bits per heavy atom. The Morgan fingerprint density at radius 3 is 1.70 bits per heavy atom. The second-order valence-corrected chi connectivity index (χ2v) is 14.7. The molecular weight excluding hydrogens is 450 g/mol. The van der Waals surface area contributed by atoms with E-state index in [-0.39, 0.29) is 16.9 Å². The van der Waals surface area contributed by atoms with Gasteiger partial charge in [-0.25, -0.2) is 0 Å². The fraction of sp³-hybridized carbons (Fsp3) is 0.629. The fourth-order valence-corrected chi connectivity index (χ4v) is 9.67. The van der Waals surface area contributed by atoms with Gasteiger partial charge in [-0.1, -0.05) is 71.9 Å². The summed E-state index contributed by atoms with van der Waals surface area (Å²) in [6.45, 7) is 17.1. The van der Waals surface area contributed by atoms with Gasteiger partial charge in [-0.15, -0.1) is 0 Å². The van der Waals surface area contributed by atoms with Gasteiger partial charge >= 0.3 is 0 Å². The van der Waals surface area contributed by atoms with Crippen LogP contribution in [-0.2, 0) is 0 Å². The molecule has 4 aliphatic rings. The molecule has 198 valence electrons. The van der Waals surface area contributed by atoms with E-state index in [1.807, 2.05) is 0 Å². The van der Waals surface area contributed by atoms with E-state index in [9.17, 15) is 5.11 Å². The molecule has 0 aromatic heterocycles. The van der Waals surface area contributed by atoms with Crippen molar-refractivity contribution in [2.24, 2.45) is 38.5 Å². The van der Waals surface area contributed by atoms with Gasteiger partial charge in [0.1, 0.15) is 5.75 Å². The first-order chi connectivity index (χ1) is 17.4. The Hall–Kier alpha value is -2.09. The maximum atomic E-state index is 12.1. The number of nitrogens with zero attached hydrogens (tertiary/aromatic N) is 1. The Bertz CT molecular complexity index is 1160. The second-order valence-electron chi connectivity index (χ2n) is 14.7. The summed E-state index contributed by atoms with van der Waals surface area (Å²) in [4.78, 5) is 5.01. The van der Waals surface area contributed by atoms with Crippen LogP contribution in [0.15, 0.2) is 47.5 Å².